The number of nitrogens with zero attached hydrogens (tertiary/aromatic N) is 2. The van der Waals surface area contributed by atoms with Gasteiger partial charge in [0.25, 0.3) is 5.91 Å². The van der Waals surface area contributed by atoms with Crippen molar-refractivity contribution in [3.8, 4) is 5.75 Å². The molecule has 3 rings (SSSR count). The lowest BCUT2D eigenvalue weighted by molar-refractivity contribution is -0.132. The first kappa shape index (κ1) is 21.3. The number of carbonyl (C=O) groups excluding carboxylic acids is 4. The summed E-state index contributed by atoms with van der Waals surface area (Å²) >= 11 is 0. The second kappa shape index (κ2) is 8.11. The van der Waals surface area contributed by atoms with Crippen LogP contribution in [0.5, 0.6) is 5.75 Å². The molecule has 0 fully saturated rings. The molecule has 2 unspecified atom stereocenters. The van der Waals surface area contributed by atoms with Gasteiger partial charge < -0.3 is 20.1 Å². The van der Waals surface area contributed by atoms with E-state index in [1.165, 1.54) is 42.9 Å². The summed E-state index contributed by atoms with van der Waals surface area (Å²) < 4.78 is 11.1. The molecule has 2 aliphatic rings. The zero-order valence-electron chi connectivity index (χ0n) is 17.2. The fraction of sp³-hybridized carbons (Fsp3) is 0.333. The number of esters is 1. The number of methoxy groups -OCH3 is 1. The van der Waals surface area contributed by atoms with E-state index in [1.54, 1.807) is 25.3 Å². The van der Waals surface area contributed by atoms with Crippen molar-refractivity contribution >= 4 is 29.4 Å². The summed E-state index contributed by atoms with van der Waals surface area (Å²) in [7, 11) is 1.44. The molecule has 1 aromatic rings. The van der Waals surface area contributed by atoms with Gasteiger partial charge in [-0.3, -0.25) is 24.1 Å². The van der Waals surface area contributed by atoms with Crippen molar-refractivity contribution in [1.29, 1.82) is 0 Å². The van der Waals surface area contributed by atoms with Crippen molar-refractivity contribution in [1.82, 2.24) is 4.90 Å². The molecule has 0 bridgehead atoms. The highest BCUT2D eigenvalue weighted by Crippen LogP contribution is 2.43. The minimum absolute atomic E-state index is 0.143. The maximum absolute atomic E-state index is 13.4. The Morgan fingerprint density at radius 2 is 1.93 bits per heavy atom. The Morgan fingerprint density at radius 3 is 2.50 bits per heavy atom. The molecule has 0 spiro atoms. The van der Waals surface area contributed by atoms with E-state index >= 15 is 0 Å². The molecule has 9 nitrogen and oxygen atoms in total. The summed E-state index contributed by atoms with van der Waals surface area (Å²) in [5, 5.41) is 0. The van der Waals surface area contributed by atoms with Crippen LogP contribution in [0.4, 0.5) is 5.69 Å². The quantitative estimate of drug-likeness (QED) is 0.453. The van der Waals surface area contributed by atoms with Crippen LogP contribution >= 0.6 is 0 Å². The molecule has 2 N–H and O–H groups in total. The third-order valence-electron chi connectivity index (χ3n) is 5.01. The van der Waals surface area contributed by atoms with Gasteiger partial charge in [0, 0.05) is 33.2 Å². The van der Waals surface area contributed by atoms with Crippen molar-refractivity contribution in [3.63, 3.8) is 0 Å². The van der Waals surface area contributed by atoms with Gasteiger partial charge >= 0.3 is 5.97 Å². The maximum atomic E-state index is 13.4. The number of rotatable bonds is 4. The number of hydrogen-bond acceptors (Lipinski definition) is 6. The van der Waals surface area contributed by atoms with Crippen LogP contribution in [0.3, 0.4) is 0 Å². The van der Waals surface area contributed by atoms with Crippen LogP contribution in [0, 0.1) is 6.92 Å². The number of aryl methyl sites for hydroxylation is 1. The highest BCUT2D eigenvalue weighted by molar-refractivity contribution is 6.08. The van der Waals surface area contributed by atoms with E-state index in [-0.39, 0.29) is 28.8 Å². The SMILES string of the molecule is COC1C2CC(/C=C/C(N)=O)=CN2C(=O)c2ccc(C)c(OC(C)=O)c2N1C(C)=O. The summed E-state index contributed by atoms with van der Waals surface area (Å²) in [5.41, 5.74) is 6.85. The lowest BCUT2D eigenvalue weighted by atomic mass is 10.0. The summed E-state index contributed by atoms with van der Waals surface area (Å²) in [4.78, 5) is 51.7. The van der Waals surface area contributed by atoms with Crippen molar-refractivity contribution < 1.29 is 28.7 Å². The Kier molecular flexibility index (Phi) is 5.75. The zero-order valence-corrected chi connectivity index (χ0v) is 17.2. The predicted molar refractivity (Wildman–Crippen MR) is 107 cm³/mol. The number of hydrogen-bond donors (Lipinski definition) is 1. The van der Waals surface area contributed by atoms with Gasteiger partial charge in [0.1, 0.15) is 5.69 Å². The second-order valence-corrected chi connectivity index (χ2v) is 7.14. The van der Waals surface area contributed by atoms with Crippen LogP contribution < -0.4 is 15.4 Å². The van der Waals surface area contributed by atoms with E-state index in [4.69, 9.17) is 15.2 Å². The van der Waals surface area contributed by atoms with Crippen LogP contribution in [0.15, 0.2) is 36.1 Å². The molecule has 2 heterocycles. The van der Waals surface area contributed by atoms with E-state index in [0.29, 0.717) is 17.6 Å². The second-order valence-electron chi connectivity index (χ2n) is 7.14. The van der Waals surface area contributed by atoms with Crippen molar-refractivity contribution in [2.45, 2.75) is 39.5 Å². The predicted octanol–water partition coefficient (Wildman–Crippen LogP) is 1.40. The largest absolute Gasteiger partial charge is 0.424 e. The van der Waals surface area contributed by atoms with Gasteiger partial charge in [-0.2, -0.15) is 0 Å². The van der Waals surface area contributed by atoms with Gasteiger partial charge in [0.05, 0.1) is 11.6 Å². The maximum Gasteiger partial charge on any atom is 0.308 e. The fourth-order valence-corrected chi connectivity index (χ4v) is 3.81. The van der Waals surface area contributed by atoms with E-state index in [2.05, 4.69) is 0 Å². The van der Waals surface area contributed by atoms with E-state index in [9.17, 15) is 19.2 Å². The smallest absolute Gasteiger partial charge is 0.308 e. The standard InChI is InChI=1S/C21H23N3O6/c1-11-5-7-15-18(19(11)30-13(3)26)24(12(2)25)21(29-4)16-9-14(6-8-17(22)27)10-23(16)20(15)28/h5-8,10,16,21H,9H2,1-4H3,(H2,22,27)/b8-6+. The molecule has 3 amide bonds. The first-order valence-electron chi connectivity index (χ1n) is 9.31. The molecular weight excluding hydrogens is 390 g/mol. The number of fused-ring (bicyclic) bond motifs is 2. The average molecular weight is 413 g/mol. The summed E-state index contributed by atoms with van der Waals surface area (Å²) in [6.07, 6.45) is 3.85. The van der Waals surface area contributed by atoms with Crippen LogP contribution in [0.1, 0.15) is 36.2 Å². The van der Waals surface area contributed by atoms with Crippen LogP contribution in [0.25, 0.3) is 0 Å². The van der Waals surface area contributed by atoms with E-state index < -0.39 is 24.1 Å². The number of primary amides is 1. The van der Waals surface area contributed by atoms with E-state index in [0.717, 1.165) is 0 Å². The Balaban J connectivity index is 2.23. The zero-order chi connectivity index (χ0) is 22.2. The van der Waals surface area contributed by atoms with Gasteiger partial charge in [-0.1, -0.05) is 12.1 Å². The average Bonchev–Trinajstić information content (AvgIpc) is 3.05. The summed E-state index contributed by atoms with van der Waals surface area (Å²) in [5.74, 6) is -1.79. The first-order valence-corrected chi connectivity index (χ1v) is 9.31. The molecule has 1 aromatic carbocycles. The molecular formula is C21H23N3O6. The molecule has 2 atom stereocenters. The topological polar surface area (TPSA) is 119 Å². The van der Waals surface area contributed by atoms with Gasteiger partial charge in [-0.25, -0.2) is 0 Å². The van der Waals surface area contributed by atoms with Crippen molar-refractivity contribution in [3.05, 3.63) is 47.2 Å². The third-order valence-corrected chi connectivity index (χ3v) is 5.01. The van der Waals surface area contributed by atoms with Crippen molar-refractivity contribution in [2.24, 2.45) is 5.73 Å². The number of amides is 3. The number of carbonyl (C=O) groups is 4. The Morgan fingerprint density at radius 1 is 1.23 bits per heavy atom. The van der Waals surface area contributed by atoms with Gasteiger partial charge in [0.15, 0.2) is 12.0 Å². The first-order chi connectivity index (χ1) is 14.1. The molecule has 0 saturated heterocycles. The normalized spacial score (nSPS) is 20.5. The van der Waals surface area contributed by atoms with Gasteiger partial charge in [-0.05, 0) is 30.5 Å². The number of benzene rings is 1. The molecule has 0 aliphatic carbocycles. The van der Waals surface area contributed by atoms with Crippen molar-refractivity contribution in [2.75, 3.05) is 12.0 Å². The Bertz CT molecular complexity index is 997. The summed E-state index contributed by atoms with van der Waals surface area (Å²) in [6, 6.07) is 2.70. The number of anilines is 1. The number of allylic oxidation sites excluding steroid dienone is 1. The third kappa shape index (κ3) is 3.71. The highest BCUT2D eigenvalue weighted by Gasteiger charge is 2.45. The molecule has 0 aromatic heterocycles. The van der Waals surface area contributed by atoms with Crippen LogP contribution in [-0.2, 0) is 19.1 Å². The molecule has 158 valence electrons. The van der Waals surface area contributed by atoms with Gasteiger partial charge in [-0.15, -0.1) is 0 Å². The minimum Gasteiger partial charge on any atom is -0.424 e. The molecule has 0 saturated carbocycles. The van der Waals surface area contributed by atoms with E-state index in [1.807, 2.05) is 0 Å². The molecule has 30 heavy (non-hydrogen) atoms. The lowest BCUT2D eigenvalue weighted by Crippen LogP contribution is -2.51. The highest BCUT2D eigenvalue weighted by atomic mass is 16.5. The molecule has 9 heteroatoms. The van der Waals surface area contributed by atoms with Gasteiger partial charge in [0.2, 0.25) is 11.8 Å². The Labute approximate surface area is 173 Å². The number of ether oxygens (including phenoxy) is 2. The minimum atomic E-state index is -0.848. The Hall–Kier alpha value is -3.46. The molecule has 2 aliphatic heterocycles. The van der Waals surface area contributed by atoms with Crippen LogP contribution in [0.2, 0.25) is 0 Å². The monoisotopic (exact) mass is 413 g/mol. The number of nitrogens with two attached hydrogens (primary N) is 1. The molecule has 0 radical (unpaired) electrons. The van der Waals surface area contributed by atoms with Crippen LogP contribution in [-0.4, -0.2) is 48.0 Å². The summed E-state index contributed by atoms with van der Waals surface area (Å²) in [6.45, 7) is 4.33. The fourth-order valence-electron chi connectivity index (χ4n) is 3.81. The lowest BCUT2D eigenvalue weighted by Gasteiger charge is -2.34.